The summed E-state index contributed by atoms with van der Waals surface area (Å²) in [6, 6.07) is 11.9. The topological polar surface area (TPSA) is 64.6 Å². The van der Waals surface area contributed by atoms with Crippen molar-refractivity contribution >= 4 is 29.2 Å². The van der Waals surface area contributed by atoms with Gasteiger partial charge in [-0.05, 0) is 61.9 Å². The molecule has 5 nitrogen and oxygen atoms in total. The zero-order valence-corrected chi connectivity index (χ0v) is 14.7. The zero-order valence-electron chi connectivity index (χ0n) is 14.0. The molecule has 0 aliphatic carbocycles. The first kappa shape index (κ1) is 17.3. The molecule has 0 fully saturated rings. The molecule has 1 aliphatic rings. The highest BCUT2D eigenvalue weighted by Gasteiger charge is 2.42. The first-order valence-corrected chi connectivity index (χ1v) is 8.35. The molecule has 1 aliphatic heterocycles. The third-order valence-corrected chi connectivity index (χ3v) is 4.27. The number of fused-ring (bicyclic) bond motifs is 1. The van der Waals surface area contributed by atoms with Gasteiger partial charge in [0.05, 0.1) is 12.2 Å². The van der Waals surface area contributed by atoms with E-state index in [0.717, 1.165) is 5.75 Å². The van der Waals surface area contributed by atoms with Crippen molar-refractivity contribution in [1.29, 1.82) is 0 Å². The Hall–Kier alpha value is -2.53. The molecule has 0 spiro atoms. The number of halogens is 1. The quantitative estimate of drug-likeness (QED) is 0.842. The number of cyclic esters (lactones) is 1. The number of nitrogens with one attached hydrogen (secondary N) is 1. The van der Waals surface area contributed by atoms with Gasteiger partial charge in [-0.1, -0.05) is 11.6 Å². The predicted octanol–water partition coefficient (Wildman–Crippen LogP) is 3.85. The van der Waals surface area contributed by atoms with Crippen molar-refractivity contribution in [3.05, 3.63) is 58.6 Å². The lowest BCUT2D eigenvalue weighted by atomic mass is 9.89. The van der Waals surface area contributed by atoms with E-state index in [4.69, 9.17) is 21.1 Å². The Morgan fingerprint density at radius 2 is 2.00 bits per heavy atom. The molecule has 130 valence electrons. The van der Waals surface area contributed by atoms with E-state index in [2.05, 4.69) is 5.32 Å². The first-order chi connectivity index (χ1) is 11.9. The minimum atomic E-state index is -1.30. The second-order valence-corrected chi connectivity index (χ2v) is 6.45. The molecule has 1 amide bonds. The van der Waals surface area contributed by atoms with Crippen LogP contribution in [0.3, 0.4) is 0 Å². The van der Waals surface area contributed by atoms with Crippen LogP contribution in [0, 0.1) is 0 Å². The molecule has 2 aromatic carbocycles. The molecule has 1 unspecified atom stereocenters. The van der Waals surface area contributed by atoms with Crippen molar-refractivity contribution in [2.24, 2.45) is 0 Å². The fourth-order valence-corrected chi connectivity index (χ4v) is 2.95. The highest BCUT2D eigenvalue weighted by molar-refractivity contribution is 6.30. The number of anilines is 1. The summed E-state index contributed by atoms with van der Waals surface area (Å²) in [6.07, 6.45) is 0.261. The second kappa shape index (κ2) is 6.76. The number of carbonyl (C=O) groups excluding carboxylic acids is 2. The summed E-state index contributed by atoms with van der Waals surface area (Å²) in [5.41, 5.74) is 0.444. The summed E-state index contributed by atoms with van der Waals surface area (Å²) in [5.74, 6) is -0.197. The smallest absolute Gasteiger partial charge is 0.339 e. The van der Waals surface area contributed by atoms with E-state index in [1.165, 1.54) is 0 Å². The summed E-state index contributed by atoms with van der Waals surface area (Å²) >= 11 is 6.00. The normalized spacial score (nSPS) is 18.9. The zero-order chi connectivity index (χ0) is 18.0. The lowest BCUT2D eigenvalue weighted by molar-refractivity contribution is -0.134. The summed E-state index contributed by atoms with van der Waals surface area (Å²) in [5, 5.41) is 3.30. The highest BCUT2D eigenvalue weighted by Crippen LogP contribution is 2.31. The SMILES string of the molecule is CCOc1ccc(NC(=O)C2(C)Cc3cc(Cl)ccc3C(=O)O2)cc1. The van der Waals surface area contributed by atoms with Crippen molar-refractivity contribution in [3.8, 4) is 5.75 Å². The van der Waals surface area contributed by atoms with Crippen molar-refractivity contribution in [1.82, 2.24) is 0 Å². The largest absolute Gasteiger partial charge is 0.494 e. The number of hydrogen-bond donors (Lipinski definition) is 1. The molecular formula is C19H18ClNO4. The molecule has 1 heterocycles. The minimum absolute atomic E-state index is 0.261. The van der Waals surface area contributed by atoms with Gasteiger partial charge in [0, 0.05) is 17.1 Å². The molecule has 2 aromatic rings. The van der Waals surface area contributed by atoms with Crippen LogP contribution in [0.4, 0.5) is 5.69 Å². The molecule has 0 saturated carbocycles. The Balaban J connectivity index is 1.78. The third kappa shape index (κ3) is 3.61. The van der Waals surface area contributed by atoms with Crippen molar-refractivity contribution in [3.63, 3.8) is 0 Å². The van der Waals surface area contributed by atoms with Gasteiger partial charge in [-0.15, -0.1) is 0 Å². The maximum atomic E-state index is 12.7. The molecular weight excluding hydrogens is 342 g/mol. The molecule has 0 radical (unpaired) electrons. The maximum absolute atomic E-state index is 12.7. The van der Waals surface area contributed by atoms with E-state index < -0.39 is 17.5 Å². The fourth-order valence-electron chi connectivity index (χ4n) is 2.76. The van der Waals surface area contributed by atoms with E-state index in [1.807, 2.05) is 6.92 Å². The van der Waals surface area contributed by atoms with E-state index in [-0.39, 0.29) is 6.42 Å². The van der Waals surface area contributed by atoms with Crippen LogP contribution in [-0.4, -0.2) is 24.1 Å². The molecule has 6 heteroatoms. The number of amides is 1. The lowest BCUT2D eigenvalue weighted by Gasteiger charge is -2.33. The van der Waals surface area contributed by atoms with Gasteiger partial charge in [-0.2, -0.15) is 0 Å². The van der Waals surface area contributed by atoms with Gasteiger partial charge in [0.25, 0.3) is 5.91 Å². The molecule has 3 rings (SSSR count). The van der Waals surface area contributed by atoms with Crippen LogP contribution in [0.5, 0.6) is 5.75 Å². The van der Waals surface area contributed by atoms with Gasteiger partial charge in [0.15, 0.2) is 5.60 Å². The van der Waals surface area contributed by atoms with Crippen LogP contribution in [0.2, 0.25) is 5.02 Å². The first-order valence-electron chi connectivity index (χ1n) is 7.97. The number of esters is 1. The monoisotopic (exact) mass is 359 g/mol. The molecule has 25 heavy (non-hydrogen) atoms. The number of carbonyl (C=O) groups is 2. The van der Waals surface area contributed by atoms with Crippen LogP contribution < -0.4 is 10.1 Å². The molecule has 1 atom stereocenters. The Labute approximate surface area is 150 Å². The molecule has 0 saturated heterocycles. The van der Waals surface area contributed by atoms with Crippen molar-refractivity contribution < 1.29 is 19.1 Å². The Morgan fingerprint density at radius 1 is 1.28 bits per heavy atom. The van der Waals surface area contributed by atoms with Crippen LogP contribution in [0.25, 0.3) is 0 Å². The number of hydrogen-bond acceptors (Lipinski definition) is 4. The Bertz CT molecular complexity index is 819. The summed E-state index contributed by atoms with van der Waals surface area (Å²) in [7, 11) is 0. The van der Waals surface area contributed by atoms with E-state index in [0.29, 0.717) is 28.4 Å². The van der Waals surface area contributed by atoms with Crippen molar-refractivity contribution in [2.75, 3.05) is 11.9 Å². The maximum Gasteiger partial charge on any atom is 0.339 e. The molecule has 0 bridgehead atoms. The van der Waals surface area contributed by atoms with Gasteiger partial charge >= 0.3 is 5.97 Å². The lowest BCUT2D eigenvalue weighted by Crippen LogP contribution is -2.48. The van der Waals surface area contributed by atoms with Gasteiger partial charge in [0.1, 0.15) is 5.75 Å². The number of ether oxygens (including phenoxy) is 2. The van der Waals surface area contributed by atoms with Crippen LogP contribution in [0.15, 0.2) is 42.5 Å². The van der Waals surface area contributed by atoms with Crippen LogP contribution in [0.1, 0.15) is 29.8 Å². The van der Waals surface area contributed by atoms with E-state index >= 15 is 0 Å². The van der Waals surface area contributed by atoms with E-state index in [9.17, 15) is 9.59 Å². The highest BCUT2D eigenvalue weighted by atomic mass is 35.5. The standard InChI is InChI=1S/C19H18ClNO4/c1-3-24-15-7-5-14(6-8-15)21-18(23)19(2)11-12-10-13(20)4-9-16(12)17(22)25-19/h4-10H,3,11H2,1-2H3,(H,21,23). The summed E-state index contributed by atoms with van der Waals surface area (Å²) in [6.45, 7) is 4.07. The van der Waals surface area contributed by atoms with Gasteiger partial charge in [-0.3, -0.25) is 4.79 Å². The predicted molar refractivity (Wildman–Crippen MR) is 95.2 cm³/mol. The van der Waals surface area contributed by atoms with Gasteiger partial charge < -0.3 is 14.8 Å². The Kier molecular flexibility index (Phi) is 4.68. The summed E-state index contributed by atoms with van der Waals surface area (Å²) in [4.78, 5) is 24.9. The number of rotatable bonds is 4. The molecule has 0 aromatic heterocycles. The fraction of sp³-hybridized carbons (Fsp3) is 0.263. The average molecular weight is 360 g/mol. The van der Waals surface area contributed by atoms with Crippen LogP contribution in [-0.2, 0) is 16.0 Å². The van der Waals surface area contributed by atoms with Crippen LogP contribution >= 0.6 is 11.6 Å². The number of benzene rings is 2. The van der Waals surface area contributed by atoms with Crippen molar-refractivity contribution in [2.45, 2.75) is 25.9 Å². The second-order valence-electron chi connectivity index (χ2n) is 6.01. The Morgan fingerprint density at radius 3 is 2.68 bits per heavy atom. The summed E-state index contributed by atoms with van der Waals surface area (Å²) < 4.78 is 10.8. The van der Waals surface area contributed by atoms with Gasteiger partial charge in [-0.25, -0.2) is 4.79 Å². The minimum Gasteiger partial charge on any atom is -0.494 e. The molecule has 1 N–H and O–H groups in total. The third-order valence-electron chi connectivity index (χ3n) is 4.04. The van der Waals surface area contributed by atoms with Gasteiger partial charge in [0.2, 0.25) is 0 Å². The van der Waals surface area contributed by atoms with E-state index in [1.54, 1.807) is 49.4 Å². The average Bonchev–Trinajstić information content (AvgIpc) is 2.56.